The van der Waals surface area contributed by atoms with Crippen LogP contribution in [0.15, 0.2) is 4.52 Å². The quantitative estimate of drug-likeness (QED) is 0.801. The number of sulfonamides is 1. The highest BCUT2D eigenvalue weighted by Gasteiger charge is 2.21. The molecule has 0 aliphatic rings. The Morgan fingerprint density at radius 2 is 2.05 bits per heavy atom. The Kier molecular flexibility index (Phi) is 5.07. The second-order valence-electron chi connectivity index (χ2n) is 4.37. The van der Waals surface area contributed by atoms with Crippen molar-refractivity contribution in [3.8, 4) is 0 Å². The van der Waals surface area contributed by atoms with E-state index in [0.717, 1.165) is 5.56 Å². The molecule has 0 aliphatic heterocycles. The van der Waals surface area contributed by atoms with E-state index in [-0.39, 0.29) is 25.1 Å². The lowest BCUT2D eigenvalue weighted by molar-refractivity contribution is -0.137. The molecule has 0 aromatic carbocycles. The highest BCUT2D eigenvalue weighted by Crippen LogP contribution is 2.16. The van der Waals surface area contributed by atoms with Crippen LogP contribution >= 0.6 is 0 Å². The van der Waals surface area contributed by atoms with Crippen molar-refractivity contribution in [1.29, 1.82) is 0 Å². The van der Waals surface area contributed by atoms with Gasteiger partial charge in [-0.25, -0.2) is 12.7 Å². The molecule has 1 N–H and O–H groups in total. The fourth-order valence-corrected chi connectivity index (χ4v) is 2.76. The Bertz CT molecular complexity index is 530. The third-order valence-corrected chi connectivity index (χ3v) is 4.71. The molecule has 1 aromatic heterocycles. The molecule has 8 heteroatoms. The number of carbonyl (C=O) groups is 1. The SMILES string of the molecule is Cc1noc(C)c1CN(C)S(=O)(=O)CCCC(=O)O. The first-order chi connectivity index (χ1) is 8.74. The molecule has 0 fully saturated rings. The van der Waals surface area contributed by atoms with Crippen LogP contribution in [-0.4, -0.2) is 41.8 Å². The van der Waals surface area contributed by atoms with Gasteiger partial charge < -0.3 is 9.63 Å². The standard InChI is InChI=1S/C11H18N2O5S/c1-8-10(9(2)18-12-8)7-13(3)19(16,17)6-4-5-11(14)15/h4-7H2,1-3H3,(H,14,15). The zero-order chi connectivity index (χ0) is 14.6. The number of nitrogens with zero attached hydrogens (tertiary/aromatic N) is 2. The Labute approximate surface area is 112 Å². The molecule has 0 radical (unpaired) electrons. The fraction of sp³-hybridized carbons (Fsp3) is 0.636. The first-order valence-corrected chi connectivity index (χ1v) is 7.42. The minimum absolute atomic E-state index is 0.101. The van der Waals surface area contributed by atoms with E-state index < -0.39 is 16.0 Å². The van der Waals surface area contributed by atoms with E-state index in [4.69, 9.17) is 9.63 Å². The number of carboxylic acid groups (broad SMARTS) is 1. The highest BCUT2D eigenvalue weighted by atomic mass is 32.2. The van der Waals surface area contributed by atoms with Crippen molar-refractivity contribution in [2.24, 2.45) is 0 Å². The van der Waals surface area contributed by atoms with Gasteiger partial charge in [0.2, 0.25) is 10.0 Å². The fourth-order valence-electron chi connectivity index (χ4n) is 1.61. The summed E-state index contributed by atoms with van der Waals surface area (Å²) in [6, 6.07) is 0. The van der Waals surface area contributed by atoms with Gasteiger partial charge in [0.05, 0.1) is 11.4 Å². The third-order valence-electron chi connectivity index (χ3n) is 2.83. The zero-order valence-electron chi connectivity index (χ0n) is 11.2. The summed E-state index contributed by atoms with van der Waals surface area (Å²) in [4.78, 5) is 10.4. The molecule has 1 aromatic rings. The topological polar surface area (TPSA) is 101 Å². The molecule has 0 saturated heterocycles. The van der Waals surface area contributed by atoms with Crippen molar-refractivity contribution in [3.63, 3.8) is 0 Å². The van der Waals surface area contributed by atoms with Gasteiger partial charge in [0, 0.05) is 25.6 Å². The zero-order valence-corrected chi connectivity index (χ0v) is 12.0. The van der Waals surface area contributed by atoms with Gasteiger partial charge >= 0.3 is 5.97 Å². The molecule has 0 unspecified atom stereocenters. The van der Waals surface area contributed by atoms with Crippen molar-refractivity contribution in [2.75, 3.05) is 12.8 Å². The molecule has 1 rings (SSSR count). The summed E-state index contributed by atoms with van der Waals surface area (Å²) in [6.45, 7) is 3.65. The summed E-state index contributed by atoms with van der Waals surface area (Å²) in [7, 11) is -2.00. The maximum absolute atomic E-state index is 11.9. The van der Waals surface area contributed by atoms with Crippen LogP contribution in [0, 0.1) is 13.8 Å². The van der Waals surface area contributed by atoms with Crippen LogP contribution in [-0.2, 0) is 21.4 Å². The minimum atomic E-state index is -3.46. The van der Waals surface area contributed by atoms with Crippen molar-refractivity contribution in [1.82, 2.24) is 9.46 Å². The number of aliphatic carboxylic acids is 1. The number of rotatable bonds is 7. The van der Waals surface area contributed by atoms with Gasteiger partial charge in [-0.15, -0.1) is 0 Å². The lowest BCUT2D eigenvalue weighted by atomic mass is 10.2. The van der Waals surface area contributed by atoms with Crippen LogP contribution in [0.3, 0.4) is 0 Å². The van der Waals surface area contributed by atoms with Gasteiger partial charge in [-0.1, -0.05) is 5.16 Å². The lowest BCUT2D eigenvalue weighted by Gasteiger charge is -2.16. The van der Waals surface area contributed by atoms with E-state index in [0.29, 0.717) is 11.5 Å². The van der Waals surface area contributed by atoms with E-state index >= 15 is 0 Å². The van der Waals surface area contributed by atoms with Gasteiger partial charge in [-0.3, -0.25) is 4.79 Å². The van der Waals surface area contributed by atoms with Crippen molar-refractivity contribution < 1.29 is 22.8 Å². The molecule has 108 valence electrons. The predicted molar refractivity (Wildman–Crippen MR) is 68.1 cm³/mol. The van der Waals surface area contributed by atoms with Gasteiger partial charge in [-0.05, 0) is 20.3 Å². The van der Waals surface area contributed by atoms with Gasteiger partial charge in [0.15, 0.2) is 0 Å². The molecular formula is C11H18N2O5S. The second-order valence-corrected chi connectivity index (χ2v) is 6.57. The van der Waals surface area contributed by atoms with Crippen molar-refractivity contribution in [2.45, 2.75) is 33.2 Å². The molecule has 0 saturated carbocycles. The molecule has 0 bridgehead atoms. The van der Waals surface area contributed by atoms with Crippen LogP contribution in [0.25, 0.3) is 0 Å². The summed E-state index contributed by atoms with van der Waals surface area (Å²) in [6.07, 6.45) is -0.0536. The Hall–Kier alpha value is -1.41. The average molecular weight is 290 g/mol. The van der Waals surface area contributed by atoms with Crippen LogP contribution < -0.4 is 0 Å². The van der Waals surface area contributed by atoms with Crippen LogP contribution in [0.5, 0.6) is 0 Å². The average Bonchev–Trinajstić information content (AvgIpc) is 2.59. The number of aromatic nitrogens is 1. The summed E-state index contributed by atoms with van der Waals surface area (Å²) in [5, 5.41) is 12.3. The molecule has 0 spiro atoms. The monoisotopic (exact) mass is 290 g/mol. The van der Waals surface area contributed by atoms with Crippen LogP contribution in [0.1, 0.15) is 29.9 Å². The van der Waals surface area contributed by atoms with Gasteiger partial charge in [-0.2, -0.15) is 0 Å². The Balaban J connectivity index is 2.66. The molecule has 0 amide bonds. The van der Waals surface area contributed by atoms with Crippen LogP contribution in [0.4, 0.5) is 0 Å². The largest absolute Gasteiger partial charge is 0.481 e. The minimum Gasteiger partial charge on any atom is -0.481 e. The molecular weight excluding hydrogens is 272 g/mol. The first-order valence-electron chi connectivity index (χ1n) is 5.81. The van der Waals surface area contributed by atoms with Crippen molar-refractivity contribution in [3.05, 3.63) is 17.0 Å². The third kappa shape index (κ3) is 4.32. The van der Waals surface area contributed by atoms with Gasteiger partial charge in [0.1, 0.15) is 5.76 Å². The predicted octanol–water partition coefficient (Wildman–Crippen LogP) is 0.918. The van der Waals surface area contributed by atoms with Crippen molar-refractivity contribution >= 4 is 16.0 Å². The van der Waals surface area contributed by atoms with E-state index in [1.807, 2.05) is 0 Å². The maximum atomic E-state index is 11.9. The molecule has 1 heterocycles. The second kappa shape index (κ2) is 6.16. The summed E-state index contributed by atoms with van der Waals surface area (Å²) < 4.78 is 30.1. The summed E-state index contributed by atoms with van der Waals surface area (Å²) in [5.41, 5.74) is 1.40. The smallest absolute Gasteiger partial charge is 0.303 e. The highest BCUT2D eigenvalue weighted by molar-refractivity contribution is 7.89. The summed E-state index contributed by atoms with van der Waals surface area (Å²) >= 11 is 0. The van der Waals surface area contributed by atoms with E-state index in [2.05, 4.69) is 5.16 Å². The number of carboxylic acids is 1. The molecule has 0 aliphatic carbocycles. The molecule has 7 nitrogen and oxygen atoms in total. The van der Waals surface area contributed by atoms with Crippen LogP contribution in [0.2, 0.25) is 0 Å². The summed E-state index contributed by atoms with van der Waals surface area (Å²) in [5.74, 6) is -0.590. The number of hydrogen-bond donors (Lipinski definition) is 1. The van der Waals surface area contributed by atoms with Gasteiger partial charge in [0.25, 0.3) is 0 Å². The number of aryl methyl sites for hydroxylation is 2. The van der Waals surface area contributed by atoms with E-state index in [1.165, 1.54) is 11.4 Å². The normalized spacial score (nSPS) is 12.0. The molecule has 19 heavy (non-hydrogen) atoms. The first kappa shape index (κ1) is 15.6. The number of hydrogen-bond acceptors (Lipinski definition) is 5. The van der Waals surface area contributed by atoms with E-state index in [9.17, 15) is 13.2 Å². The van der Waals surface area contributed by atoms with E-state index in [1.54, 1.807) is 13.8 Å². The maximum Gasteiger partial charge on any atom is 0.303 e. The molecule has 0 atom stereocenters. The Morgan fingerprint density at radius 1 is 1.42 bits per heavy atom. The Morgan fingerprint density at radius 3 is 2.53 bits per heavy atom. The lowest BCUT2D eigenvalue weighted by Crippen LogP contribution is -2.29.